The zero-order valence-corrected chi connectivity index (χ0v) is 6.66. The van der Waals surface area contributed by atoms with E-state index in [4.69, 9.17) is 0 Å². The molecule has 3 amide bonds. The van der Waals surface area contributed by atoms with Crippen molar-refractivity contribution in [3.8, 4) is 0 Å². The summed E-state index contributed by atoms with van der Waals surface area (Å²) in [5.74, 6) is -0.585. The first-order valence-corrected chi connectivity index (χ1v) is 4.39. The van der Waals surface area contributed by atoms with Gasteiger partial charge in [0.05, 0.1) is 0 Å². The molecule has 1 aliphatic rings. The smallest absolute Gasteiger partial charge is 0.370 e. The van der Waals surface area contributed by atoms with Crippen molar-refractivity contribution in [3.05, 3.63) is 0 Å². The summed E-state index contributed by atoms with van der Waals surface area (Å²) in [6.07, 6.45) is 0. The molecule has 1 saturated heterocycles. The summed E-state index contributed by atoms with van der Waals surface area (Å²) in [6, 6.07) is -0.857. The molecule has 11 heavy (non-hydrogen) atoms. The third-order valence-electron chi connectivity index (χ3n) is 0.900. The van der Waals surface area contributed by atoms with Crippen LogP contribution in [-0.2, 0) is 8.72 Å². The number of carbonyl (C=O) groups excluding carboxylic acids is 2. The normalized spacial score (nSPS) is 17.9. The summed E-state index contributed by atoms with van der Waals surface area (Å²) < 4.78 is 23.8. The molecular weight excluding hydrogens is 224 g/mol. The Morgan fingerprint density at radius 3 is 2.55 bits per heavy atom. The minimum Gasteiger partial charge on any atom is -0.370 e. The molecule has 0 aromatic carbocycles. The molecular formula is C3H3BrN2O5. The Hall–Kier alpha value is -0.700. The number of imide groups is 1. The van der Waals surface area contributed by atoms with Crippen molar-refractivity contribution in [2.75, 3.05) is 6.54 Å². The summed E-state index contributed by atoms with van der Waals surface area (Å²) in [7, 11) is 0. The van der Waals surface area contributed by atoms with Crippen LogP contribution in [0.15, 0.2) is 0 Å². The Labute approximate surface area is 66.3 Å². The number of nitrogens with zero attached hydrogens (tertiary/aromatic N) is 1. The molecule has 0 atom stereocenters. The van der Waals surface area contributed by atoms with Crippen molar-refractivity contribution in [1.82, 2.24) is 10.4 Å². The fourth-order valence-electron chi connectivity index (χ4n) is 0.547. The molecule has 1 rings (SSSR count). The molecule has 1 N–H and O–H groups in total. The van der Waals surface area contributed by atoms with Crippen molar-refractivity contribution in [2.24, 2.45) is 0 Å². The Morgan fingerprint density at radius 2 is 2.18 bits per heavy atom. The van der Waals surface area contributed by atoms with Crippen LogP contribution < -0.4 is 13.7 Å². The molecule has 1 heterocycles. The molecule has 62 valence electrons. The Balaban J connectivity index is 2.47. The fourth-order valence-corrected chi connectivity index (χ4v) is 1.07. The molecule has 0 saturated carbocycles. The van der Waals surface area contributed by atoms with Gasteiger partial charge >= 0.3 is 20.8 Å². The van der Waals surface area contributed by atoms with E-state index in [0.29, 0.717) is 5.06 Å². The monoisotopic (exact) mass is 226 g/mol. The SMILES string of the molecule is O=C1CN(O[Br+2]([O-])[O-])C(=O)N1. The van der Waals surface area contributed by atoms with Gasteiger partial charge in [-0.3, -0.25) is 10.1 Å². The lowest BCUT2D eigenvalue weighted by Gasteiger charge is -2.00. The third-order valence-corrected chi connectivity index (χ3v) is 1.49. The first-order valence-electron chi connectivity index (χ1n) is 2.45. The largest absolute Gasteiger partial charge is 0.472 e. The van der Waals surface area contributed by atoms with E-state index in [1.807, 2.05) is 5.32 Å². The summed E-state index contributed by atoms with van der Waals surface area (Å²) in [6.45, 7) is -0.377. The third kappa shape index (κ3) is 2.12. The van der Waals surface area contributed by atoms with Crippen LogP contribution in [0.5, 0.6) is 0 Å². The van der Waals surface area contributed by atoms with E-state index in [1.54, 1.807) is 0 Å². The molecule has 0 bridgehead atoms. The predicted molar refractivity (Wildman–Crippen MR) is 21.3 cm³/mol. The molecule has 0 unspecified atom stereocenters. The number of urea groups is 1. The van der Waals surface area contributed by atoms with Crippen LogP contribution in [0.25, 0.3) is 0 Å². The zero-order valence-electron chi connectivity index (χ0n) is 5.07. The highest BCUT2D eigenvalue weighted by atomic mass is 80.0. The first-order chi connectivity index (χ1) is 5.09. The number of rotatable bonds is 2. The average molecular weight is 227 g/mol. The number of hydroxylamine groups is 2. The summed E-state index contributed by atoms with van der Waals surface area (Å²) in [5.41, 5.74) is 0. The zero-order chi connectivity index (χ0) is 8.43. The number of hydrogen-bond donors (Lipinski definition) is 1. The van der Waals surface area contributed by atoms with Crippen molar-refractivity contribution >= 4 is 11.9 Å². The van der Waals surface area contributed by atoms with Crippen LogP contribution in [0.3, 0.4) is 0 Å². The molecule has 0 spiro atoms. The maximum absolute atomic E-state index is 10.5. The van der Waals surface area contributed by atoms with Crippen LogP contribution in [0.2, 0.25) is 0 Å². The second-order valence-electron chi connectivity index (χ2n) is 1.65. The minimum atomic E-state index is -3.48. The van der Waals surface area contributed by atoms with E-state index in [2.05, 4.69) is 3.93 Å². The van der Waals surface area contributed by atoms with Crippen molar-refractivity contribution in [3.63, 3.8) is 0 Å². The number of amides is 3. The van der Waals surface area contributed by atoms with Gasteiger partial charge in [-0.25, -0.2) is 4.79 Å². The lowest BCUT2D eigenvalue weighted by Crippen LogP contribution is -2.42. The van der Waals surface area contributed by atoms with E-state index in [-0.39, 0.29) is 6.54 Å². The highest BCUT2D eigenvalue weighted by molar-refractivity contribution is 6.01. The molecule has 1 fully saturated rings. The van der Waals surface area contributed by atoms with Crippen LogP contribution in [0.1, 0.15) is 0 Å². The van der Waals surface area contributed by atoms with Crippen molar-refractivity contribution in [2.45, 2.75) is 0 Å². The van der Waals surface area contributed by atoms with Gasteiger partial charge in [-0.05, 0) is 0 Å². The number of nitrogens with one attached hydrogen (secondary N) is 1. The molecule has 1 aliphatic heterocycles. The quantitative estimate of drug-likeness (QED) is 0.494. The standard InChI is InChI=1S/C3H3BrN2O5/c7-2-1-6(3(8)5-2)11-4(9)10/h1H2,(H,5,7,8). The molecule has 0 radical (unpaired) electrons. The molecule has 0 aromatic heterocycles. The van der Waals surface area contributed by atoms with Crippen LogP contribution >= 0.6 is 0 Å². The van der Waals surface area contributed by atoms with Gasteiger partial charge in [-0.1, -0.05) is 0 Å². The van der Waals surface area contributed by atoms with E-state index < -0.39 is 26.8 Å². The van der Waals surface area contributed by atoms with Gasteiger partial charge in [0.25, 0.3) is 5.91 Å². The summed E-state index contributed by atoms with van der Waals surface area (Å²) >= 11 is -3.48. The molecule has 0 aliphatic carbocycles. The highest BCUT2D eigenvalue weighted by Gasteiger charge is 2.35. The number of hydrogen-bond acceptors (Lipinski definition) is 5. The van der Waals surface area contributed by atoms with Crippen LogP contribution in [0.4, 0.5) is 4.79 Å². The lowest BCUT2D eigenvalue weighted by molar-refractivity contribution is -1.64. The number of halogens is 1. The Morgan fingerprint density at radius 1 is 1.55 bits per heavy atom. The molecule has 8 heteroatoms. The van der Waals surface area contributed by atoms with Crippen molar-refractivity contribution in [1.29, 1.82) is 0 Å². The average Bonchev–Trinajstić information content (AvgIpc) is 2.09. The van der Waals surface area contributed by atoms with Gasteiger partial charge in [0.1, 0.15) is 10.5 Å². The van der Waals surface area contributed by atoms with Gasteiger partial charge < -0.3 is 8.40 Å². The predicted octanol–water partition coefficient (Wildman–Crippen LogP) is -3.44. The Kier molecular flexibility index (Phi) is 2.39. The topological polar surface area (TPSA) is 105 Å². The molecule has 0 aromatic rings. The summed E-state index contributed by atoms with van der Waals surface area (Å²) in [4.78, 5) is 20.9. The van der Waals surface area contributed by atoms with Gasteiger partial charge in [0, 0.05) is 0 Å². The van der Waals surface area contributed by atoms with Crippen LogP contribution in [0, 0.1) is 14.8 Å². The minimum absolute atomic E-state index is 0.377. The highest BCUT2D eigenvalue weighted by Crippen LogP contribution is 1.99. The van der Waals surface area contributed by atoms with Crippen molar-refractivity contribution < 1.29 is 36.7 Å². The number of carbonyl (C=O) groups is 2. The Bertz CT molecular complexity index is 194. The maximum Gasteiger partial charge on any atom is 0.472 e. The van der Waals surface area contributed by atoms with E-state index in [0.717, 1.165) is 0 Å². The van der Waals surface area contributed by atoms with Gasteiger partial charge in [0.2, 0.25) is 0 Å². The fraction of sp³-hybridized carbons (Fsp3) is 0.333. The second kappa shape index (κ2) is 3.13. The maximum atomic E-state index is 10.5. The van der Waals surface area contributed by atoms with Gasteiger partial charge in [-0.15, -0.1) is 5.06 Å². The van der Waals surface area contributed by atoms with Gasteiger partial charge in [0.15, 0.2) is 0 Å². The first kappa shape index (κ1) is 8.40. The van der Waals surface area contributed by atoms with E-state index in [9.17, 15) is 18.0 Å². The lowest BCUT2D eigenvalue weighted by atomic mass is 10.7. The van der Waals surface area contributed by atoms with E-state index in [1.165, 1.54) is 0 Å². The van der Waals surface area contributed by atoms with E-state index >= 15 is 0 Å². The summed E-state index contributed by atoms with van der Waals surface area (Å²) in [5, 5.41) is 2.28. The van der Waals surface area contributed by atoms with Gasteiger partial charge in [-0.2, -0.15) is 0 Å². The second-order valence-corrected chi connectivity index (χ2v) is 2.73. The van der Waals surface area contributed by atoms with Crippen LogP contribution in [-0.4, -0.2) is 23.5 Å². The molecule has 7 nitrogen and oxygen atoms in total.